The second kappa shape index (κ2) is 7.00. The molecule has 0 bridgehead atoms. The van der Waals surface area contributed by atoms with E-state index < -0.39 is 0 Å². The van der Waals surface area contributed by atoms with Crippen molar-refractivity contribution in [1.82, 2.24) is 5.16 Å². The molecule has 2 aromatic rings. The summed E-state index contributed by atoms with van der Waals surface area (Å²) in [4.78, 5) is 15.8. The Morgan fingerprint density at radius 3 is 2.58 bits per heavy atom. The normalized spacial score (nSPS) is 16.9. The van der Waals surface area contributed by atoms with E-state index >= 15 is 0 Å². The van der Waals surface area contributed by atoms with Gasteiger partial charge in [-0.2, -0.15) is 0 Å². The second-order valence-electron chi connectivity index (χ2n) is 6.16. The van der Waals surface area contributed by atoms with Crippen LogP contribution >= 0.6 is 0 Å². The molecule has 128 valence electrons. The van der Waals surface area contributed by atoms with Crippen molar-refractivity contribution in [1.29, 1.82) is 0 Å². The van der Waals surface area contributed by atoms with Crippen LogP contribution in [0.15, 0.2) is 34.9 Å². The van der Waals surface area contributed by atoms with Crippen LogP contribution in [0.25, 0.3) is 0 Å². The van der Waals surface area contributed by atoms with Gasteiger partial charge < -0.3 is 19.6 Å². The van der Waals surface area contributed by atoms with Crippen LogP contribution in [0, 0.1) is 12.7 Å². The largest absolute Gasteiger partial charge is 0.360 e. The Kier molecular flexibility index (Phi) is 4.80. The molecule has 1 fully saturated rings. The molecule has 3 rings (SSSR count). The maximum atomic E-state index is 13.0. The van der Waals surface area contributed by atoms with Crippen molar-refractivity contribution in [3.8, 4) is 0 Å². The van der Waals surface area contributed by atoms with Gasteiger partial charge in [0.05, 0.1) is 26.2 Å². The number of nitrogens with zero attached hydrogens (tertiary/aromatic N) is 2. The van der Waals surface area contributed by atoms with E-state index in [0.29, 0.717) is 11.6 Å². The molecule has 1 saturated heterocycles. The summed E-state index contributed by atoms with van der Waals surface area (Å²) in [5.41, 5.74) is 1.02. The van der Waals surface area contributed by atoms with E-state index in [9.17, 15) is 9.18 Å². The minimum absolute atomic E-state index is 0.0615. The first kappa shape index (κ1) is 16.4. The summed E-state index contributed by atoms with van der Waals surface area (Å²) in [6.07, 6.45) is 0. The lowest BCUT2D eigenvalue weighted by molar-refractivity contribution is -0.914. The fraction of sp³-hybridized carbons (Fsp3) is 0.412. The molecule has 2 N–H and O–H groups in total. The maximum Gasteiger partial charge on any atom is 0.283 e. The van der Waals surface area contributed by atoms with E-state index in [1.54, 1.807) is 25.1 Å². The van der Waals surface area contributed by atoms with Crippen LogP contribution < -0.4 is 15.1 Å². The number of halogens is 1. The molecule has 1 aromatic heterocycles. The standard InChI is InChI=1S/C17H21FN4O2/c1-12-11-16(20-24-12)19-17(23)13(2)21-7-9-22(10-8-21)15-5-3-14(18)4-6-15/h3-6,11,13H,7-10H2,1-2H3,(H,19,20,23)/p+1/t13-/m1/s1. The van der Waals surface area contributed by atoms with Crippen molar-refractivity contribution in [2.24, 2.45) is 0 Å². The van der Waals surface area contributed by atoms with Gasteiger partial charge in [0.1, 0.15) is 11.6 Å². The van der Waals surface area contributed by atoms with Crippen molar-refractivity contribution in [2.45, 2.75) is 19.9 Å². The van der Waals surface area contributed by atoms with E-state index in [4.69, 9.17) is 4.52 Å². The zero-order chi connectivity index (χ0) is 17.1. The summed E-state index contributed by atoms with van der Waals surface area (Å²) in [5.74, 6) is 0.830. The first-order chi connectivity index (χ1) is 11.5. The fourth-order valence-corrected chi connectivity index (χ4v) is 2.98. The molecule has 0 radical (unpaired) electrons. The predicted octanol–water partition coefficient (Wildman–Crippen LogP) is 0.854. The third kappa shape index (κ3) is 3.73. The van der Waals surface area contributed by atoms with Crippen LogP contribution in [0.5, 0.6) is 0 Å². The highest BCUT2D eigenvalue weighted by Crippen LogP contribution is 2.14. The zero-order valence-corrected chi connectivity index (χ0v) is 13.9. The molecule has 1 atom stereocenters. The number of nitrogens with one attached hydrogen (secondary N) is 2. The van der Waals surface area contributed by atoms with Gasteiger partial charge in [-0.05, 0) is 38.1 Å². The van der Waals surface area contributed by atoms with Gasteiger partial charge in [-0.1, -0.05) is 5.16 Å². The number of rotatable bonds is 4. The molecular weight excluding hydrogens is 311 g/mol. The molecule has 1 aromatic carbocycles. The molecule has 0 aliphatic carbocycles. The van der Waals surface area contributed by atoms with Crippen LogP contribution in [0.3, 0.4) is 0 Å². The van der Waals surface area contributed by atoms with Crippen LogP contribution in [-0.4, -0.2) is 43.3 Å². The first-order valence-corrected chi connectivity index (χ1v) is 8.12. The monoisotopic (exact) mass is 333 g/mol. The van der Waals surface area contributed by atoms with Crippen LogP contribution in [0.2, 0.25) is 0 Å². The number of benzene rings is 1. The number of hydrogen-bond donors (Lipinski definition) is 2. The van der Waals surface area contributed by atoms with Crippen LogP contribution in [-0.2, 0) is 4.79 Å². The number of carbonyl (C=O) groups is 1. The smallest absolute Gasteiger partial charge is 0.283 e. The summed E-state index contributed by atoms with van der Waals surface area (Å²) < 4.78 is 18.0. The highest BCUT2D eigenvalue weighted by atomic mass is 19.1. The van der Waals surface area contributed by atoms with E-state index in [0.717, 1.165) is 31.9 Å². The van der Waals surface area contributed by atoms with E-state index in [1.165, 1.54) is 17.0 Å². The van der Waals surface area contributed by atoms with Gasteiger partial charge in [0.2, 0.25) is 0 Å². The Hall–Kier alpha value is -2.41. The minimum atomic E-state index is -0.226. The number of amides is 1. The van der Waals surface area contributed by atoms with E-state index in [1.807, 2.05) is 6.92 Å². The second-order valence-corrected chi connectivity index (χ2v) is 6.16. The summed E-state index contributed by atoms with van der Waals surface area (Å²) in [6, 6.07) is 8.08. The Morgan fingerprint density at radius 1 is 1.33 bits per heavy atom. The third-order valence-corrected chi connectivity index (χ3v) is 4.48. The molecule has 2 heterocycles. The molecular formula is C17H22FN4O2+. The van der Waals surface area contributed by atoms with Gasteiger partial charge in [0, 0.05) is 11.8 Å². The third-order valence-electron chi connectivity index (χ3n) is 4.48. The molecule has 24 heavy (non-hydrogen) atoms. The lowest BCUT2D eigenvalue weighted by Gasteiger charge is -2.35. The lowest BCUT2D eigenvalue weighted by Crippen LogP contribution is -3.19. The van der Waals surface area contributed by atoms with Crippen LogP contribution in [0.1, 0.15) is 12.7 Å². The molecule has 1 aliphatic rings. The Bertz CT molecular complexity index is 693. The number of hydrogen-bond acceptors (Lipinski definition) is 4. The van der Waals surface area contributed by atoms with Crippen LogP contribution in [0.4, 0.5) is 15.9 Å². The van der Waals surface area contributed by atoms with Crippen molar-refractivity contribution >= 4 is 17.4 Å². The van der Waals surface area contributed by atoms with Crippen molar-refractivity contribution < 1.29 is 18.6 Å². The molecule has 7 heteroatoms. The van der Waals surface area contributed by atoms with Gasteiger partial charge in [0.15, 0.2) is 11.9 Å². The van der Waals surface area contributed by atoms with E-state index in [-0.39, 0.29) is 17.8 Å². The molecule has 1 amide bonds. The maximum absolute atomic E-state index is 13.0. The highest BCUT2D eigenvalue weighted by Gasteiger charge is 2.29. The zero-order valence-electron chi connectivity index (χ0n) is 13.9. The fourth-order valence-electron chi connectivity index (χ4n) is 2.98. The molecule has 6 nitrogen and oxygen atoms in total. The number of carbonyl (C=O) groups excluding carboxylic acids is 1. The van der Waals surface area contributed by atoms with Gasteiger partial charge in [-0.3, -0.25) is 4.79 Å². The summed E-state index contributed by atoms with van der Waals surface area (Å²) in [5, 5.41) is 6.58. The average Bonchev–Trinajstić information content (AvgIpc) is 3.00. The average molecular weight is 333 g/mol. The number of aromatic nitrogens is 1. The molecule has 0 unspecified atom stereocenters. The van der Waals surface area contributed by atoms with Gasteiger partial charge >= 0.3 is 0 Å². The number of anilines is 2. The molecule has 0 saturated carbocycles. The predicted molar refractivity (Wildman–Crippen MR) is 88.6 cm³/mol. The number of piperazine rings is 1. The summed E-state index contributed by atoms with van der Waals surface area (Å²) in [7, 11) is 0. The van der Waals surface area contributed by atoms with Crippen molar-refractivity contribution in [3.63, 3.8) is 0 Å². The molecule has 0 spiro atoms. The quantitative estimate of drug-likeness (QED) is 0.871. The highest BCUT2D eigenvalue weighted by molar-refractivity contribution is 5.92. The number of quaternary nitrogens is 1. The van der Waals surface area contributed by atoms with E-state index in [2.05, 4.69) is 15.4 Å². The SMILES string of the molecule is Cc1cc(NC(=O)[C@@H](C)[NH+]2CCN(c3ccc(F)cc3)CC2)no1. The summed E-state index contributed by atoms with van der Waals surface area (Å²) >= 11 is 0. The Balaban J connectivity index is 1.53. The van der Waals surface area contributed by atoms with Crippen molar-refractivity contribution in [3.05, 3.63) is 41.9 Å². The van der Waals surface area contributed by atoms with Gasteiger partial charge in [0.25, 0.3) is 5.91 Å². The Labute approximate surface area is 140 Å². The van der Waals surface area contributed by atoms with Gasteiger partial charge in [-0.15, -0.1) is 0 Å². The van der Waals surface area contributed by atoms with Gasteiger partial charge in [-0.25, -0.2) is 4.39 Å². The first-order valence-electron chi connectivity index (χ1n) is 8.12. The molecule has 1 aliphatic heterocycles. The number of aryl methyl sites for hydroxylation is 1. The van der Waals surface area contributed by atoms with Crippen molar-refractivity contribution in [2.75, 3.05) is 36.4 Å². The minimum Gasteiger partial charge on any atom is -0.360 e. The summed E-state index contributed by atoms with van der Waals surface area (Å²) in [6.45, 7) is 7.08. The Morgan fingerprint density at radius 2 is 2.00 bits per heavy atom. The topological polar surface area (TPSA) is 62.8 Å². The lowest BCUT2D eigenvalue weighted by atomic mass is 10.2.